The number of rotatable bonds is 11. The van der Waals surface area contributed by atoms with Crippen LogP contribution in [0.4, 0.5) is 34.1 Å². The third kappa shape index (κ3) is 8.61. The highest BCUT2D eigenvalue weighted by Gasteiger charge is 2.25. The van der Waals surface area contributed by atoms with Crippen molar-refractivity contribution < 1.29 is 0 Å². The highest BCUT2D eigenvalue weighted by Crippen LogP contribution is 2.49. The number of aryl methyl sites for hydroxylation is 4. The Labute approximate surface area is 435 Å². The van der Waals surface area contributed by atoms with Crippen molar-refractivity contribution in [3.63, 3.8) is 0 Å². The van der Waals surface area contributed by atoms with Gasteiger partial charge in [-0.1, -0.05) is 218 Å². The molecule has 0 unspecified atom stereocenters. The van der Waals surface area contributed by atoms with Gasteiger partial charge in [-0.05, 0) is 165 Å². The molecule has 74 heavy (non-hydrogen) atoms. The summed E-state index contributed by atoms with van der Waals surface area (Å²) in [7, 11) is 0. The molecule has 0 aliphatic rings. The molecule has 0 saturated heterocycles. The quantitative estimate of drug-likeness (QED) is 0.127. The van der Waals surface area contributed by atoms with E-state index in [4.69, 9.17) is 0 Å². The Morgan fingerprint density at radius 1 is 0.230 bits per heavy atom. The van der Waals surface area contributed by atoms with Crippen molar-refractivity contribution in [1.82, 2.24) is 0 Å². The zero-order chi connectivity index (χ0) is 50.1. The maximum atomic E-state index is 2.48. The molecule has 0 aromatic heterocycles. The lowest BCUT2D eigenvalue weighted by molar-refractivity contribution is 1.22. The average molecular weight is 949 g/mol. The minimum atomic E-state index is 1.10. The molecule has 0 aliphatic heterocycles. The lowest BCUT2D eigenvalue weighted by Gasteiger charge is -2.32. The number of anilines is 6. The fourth-order valence-electron chi connectivity index (χ4n) is 11.1. The molecule has 0 radical (unpaired) electrons. The van der Waals surface area contributed by atoms with Gasteiger partial charge in [-0.2, -0.15) is 0 Å². The number of hydrogen-bond acceptors (Lipinski definition) is 2. The Balaban J connectivity index is 0.977. The van der Waals surface area contributed by atoms with Crippen molar-refractivity contribution in [3.05, 3.63) is 289 Å². The molecule has 0 amide bonds. The van der Waals surface area contributed by atoms with Crippen molar-refractivity contribution in [3.8, 4) is 55.6 Å². The van der Waals surface area contributed by atoms with Crippen LogP contribution in [0, 0.1) is 27.7 Å². The molecular formula is C72H56N2. The van der Waals surface area contributed by atoms with Crippen LogP contribution in [0.2, 0.25) is 0 Å². The SMILES string of the molecule is Cc1cc(-c2ccc(N(c3ccc(-c4ccccc4)cc3)c3c(C)cccc3-c3cccc4ccccc34)c(C)c2)ccc1N(c1ccc(-c2ccccc2)cc1)c1c(C)cccc1-c1cccc2ccccc12. The molecule has 0 bridgehead atoms. The lowest BCUT2D eigenvalue weighted by Crippen LogP contribution is -2.14. The second-order valence-electron chi connectivity index (χ2n) is 19.5. The van der Waals surface area contributed by atoms with Crippen molar-refractivity contribution in [1.29, 1.82) is 0 Å². The molecule has 0 spiro atoms. The van der Waals surface area contributed by atoms with Gasteiger partial charge in [-0.15, -0.1) is 0 Å². The van der Waals surface area contributed by atoms with Crippen LogP contribution in [0.15, 0.2) is 267 Å². The van der Waals surface area contributed by atoms with E-state index < -0.39 is 0 Å². The highest BCUT2D eigenvalue weighted by molar-refractivity contribution is 6.04. The Morgan fingerprint density at radius 2 is 0.554 bits per heavy atom. The van der Waals surface area contributed by atoms with E-state index in [1.54, 1.807) is 0 Å². The minimum absolute atomic E-state index is 1.10. The van der Waals surface area contributed by atoms with E-state index in [1.807, 2.05) is 0 Å². The fraction of sp³-hybridized carbons (Fsp3) is 0.0556. The third-order valence-electron chi connectivity index (χ3n) is 14.8. The van der Waals surface area contributed by atoms with E-state index in [1.165, 1.54) is 111 Å². The first kappa shape index (κ1) is 45.9. The van der Waals surface area contributed by atoms with E-state index in [0.717, 1.165) is 22.7 Å². The first-order valence-electron chi connectivity index (χ1n) is 25.7. The van der Waals surface area contributed by atoms with Crippen LogP contribution in [0.25, 0.3) is 77.2 Å². The van der Waals surface area contributed by atoms with Gasteiger partial charge in [0, 0.05) is 33.9 Å². The number of hydrogen-bond donors (Lipinski definition) is 0. The maximum Gasteiger partial charge on any atom is 0.0569 e. The summed E-state index contributed by atoms with van der Waals surface area (Å²) in [5.74, 6) is 0. The van der Waals surface area contributed by atoms with Crippen LogP contribution < -0.4 is 9.80 Å². The van der Waals surface area contributed by atoms with E-state index in [9.17, 15) is 0 Å². The van der Waals surface area contributed by atoms with Gasteiger partial charge in [0.25, 0.3) is 0 Å². The molecule has 0 aliphatic carbocycles. The maximum absolute atomic E-state index is 2.48. The molecular weight excluding hydrogens is 893 g/mol. The van der Waals surface area contributed by atoms with Crippen molar-refractivity contribution in [2.45, 2.75) is 27.7 Å². The first-order valence-corrected chi connectivity index (χ1v) is 25.7. The van der Waals surface area contributed by atoms with Gasteiger partial charge in [-0.3, -0.25) is 0 Å². The van der Waals surface area contributed by atoms with Crippen LogP contribution in [0.5, 0.6) is 0 Å². The molecule has 12 aromatic carbocycles. The monoisotopic (exact) mass is 948 g/mol. The Morgan fingerprint density at radius 3 is 0.959 bits per heavy atom. The molecule has 0 fully saturated rings. The predicted molar refractivity (Wildman–Crippen MR) is 317 cm³/mol. The summed E-state index contributed by atoms with van der Waals surface area (Å²) >= 11 is 0. The molecule has 0 atom stereocenters. The van der Waals surface area contributed by atoms with Gasteiger partial charge in [0.05, 0.1) is 11.4 Å². The third-order valence-corrected chi connectivity index (χ3v) is 14.8. The molecule has 0 heterocycles. The number of para-hydroxylation sites is 2. The summed E-state index contributed by atoms with van der Waals surface area (Å²) in [5, 5.41) is 4.93. The topological polar surface area (TPSA) is 6.48 Å². The van der Waals surface area contributed by atoms with Crippen LogP contribution in [0.3, 0.4) is 0 Å². The van der Waals surface area contributed by atoms with Crippen molar-refractivity contribution in [2.24, 2.45) is 0 Å². The van der Waals surface area contributed by atoms with Crippen molar-refractivity contribution >= 4 is 55.7 Å². The molecule has 12 aromatic rings. The van der Waals surface area contributed by atoms with Gasteiger partial charge < -0.3 is 9.80 Å². The molecule has 354 valence electrons. The summed E-state index contributed by atoms with van der Waals surface area (Å²) in [4.78, 5) is 4.96. The van der Waals surface area contributed by atoms with Crippen LogP contribution in [0.1, 0.15) is 22.3 Å². The summed E-state index contributed by atoms with van der Waals surface area (Å²) in [6.45, 7) is 9.00. The highest BCUT2D eigenvalue weighted by atomic mass is 15.2. The van der Waals surface area contributed by atoms with E-state index >= 15 is 0 Å². The van der Waals surface area contributed by atoms with E-state index in [-0.39, 0.29) is 0 Å². The first-order chi connectivity index (χ1) is 36.4. The van der Waals surface area contributed by atoms with E-state index in [0.29, 0.717) is 0 Å². The van der Waals surface area contributed by atoms with Crippen LogP contribution in [-0.2, 0) is 0 Å². The summed E-state index contributed by atoms with van der Waals surface area (Å²) in [6, 6.07) is 97.6. The number of nitrogens with zero attached hydrogens (tertiary/aromatic N) is 2. The second kappa shape index (κ2) is 19.8. The van der Waals surface area contributed by atoms with Crippen LogP contribution in [-0.4, -0.2) is 0 Å². The number of benzene rings is 12. The molecule has 2 nitrogen and oxygen atoms in total. The Bertz CT molecular complexity index is 3710. The normalized spacial score (nSPS) is 11.2. The second-order valence-corrected chi connectivity index (χ2v) is 19.5. The zero-order valence-electron chi connectivity index (χ0n) is 42.3. The van der Waals surface area contributed by atoms with E-state index in [2.05, 4.69) is 304 Å². The predicted octanol–water partition coefficient (Wildman–Crippen LogP) is 20.5. The summed E-state index contributed by atoms with van der Waals surface area (Å²) in [6.07, 6.45) is 0. The standard InChI is InChI=1S/C72H56N2/c1-49-19-15-33-67(65-31-17-27-57-25-11-13-29-63(57)65)71(49)73(61-41-35-55(36-42-61)53-21-7-5-8-22-53)69-45-39-59(47-51(69)3)60-40-46-70(52(4)48-60)74(62-43-37-56(38-44-62)54-23-9-6-10-24-54)72-50(2)20-16-34-68(72)66-32-18-28-58-26-12-14-30-64(58)66/h5-48H,1-4H3. The zero-order valence-corrected chi connectivity index (χ0v) is 42.3. The van der Waals surface area contributed by atoms with Gasteiger partial charge in [0.1, 0.15) is 0 Å². The number of fused-ring (bicyclic) bond motifs is 2. The van der Waals surface area contributed by atoms with Gasteiger partial charge in [0.2, 0.25) is 0 Å². The van der Waals surface area contributed by atoms with Gasteiger partial charge >= 0.3 is 0 Å². The molecule has 0 saturated carbocycles. The molecule has 2 heteroatoms. The lowest BCUT2D eigenvalue weighted by atomic mass is 9.93. The molecule has 0 N–H and O–H groups in total. The fourth-order valence-corrected chi connectivity index (χ4v) is 11.1. The summed E-state index contributed by atoms with van der Waals surface area (Å²) < 4.78 is 0. The Kier molecular flexibility index (Phi) is 12.2. The summed E-state index contributed by atoms with van der Waals surface area (Å²) in [5.41, 5.74) is 23.5. The molecule has 12 rings (SSSR count). The smallest absolute Gasteiger partial charge is 0.0569 e. The minimum Gasteiger partial charge on any atom is -0.309 e. The average Bonchev–Trinajstić information content (AvgIpc) is 3.45. The van der Waals surface area contributed by atoms with Crippen LogP contribution >= 0.6 is 0 Å². The van der Waals surface area contributed by atoms with Gasteiger partial charge in [-0.25, -0.2) is 0 Å². The Hall–Kier alpha value is -9.24. The largest absolute Gasteiger partial charge is 0.309 e. The van der Waals surface area contributed by atoms with Gasteiger partial charge in [0.15, 0.2) is 0 Å². The van der Waals surface area contributed by atoms with Crippen molar-refractivity contribution in [2.75, 3.05) is 9.80 Å².